The van der Waals surface area contributed by atoms with Gasteiger partial charge in [-0.05, 0) is 42.3 Å². The molecular formula is C25H34N2O6S. The Labute approximate surface area is 202 Å². The molecule has 0 radical (unpaired) electrons. The Hall–Kier alpha value is -2.62. The summed E-state index contributed by atoms with van der Waals surface area (Å²) >= 11 is 0. The van der Waals surface area contributed by atoms with Crippen LogP contribution < -0.4 is 9.47 Å². The number of nitrogens with zero attached hydrogens (tertiary/aromatic N) is 2. The third-order valence-electron chi connectivity index (χ3n) is 6.25. The summed E-state index contributed by atoms with van der Waals surface area (Å²) < 4.78 is 40.2. The number of rotatable bonds is 7. The molecule has 3 atom stereocenters. The van der Waals surface area contributed by atoms with E-state index in [1.54, 1.807) is 51.1 Å². The number of ether oxygens (including phenoxy) is 2. The highest BCUT2D eigenvalue weighted by Gasteiger charge is 2.38. The molecule has 0 aromatic heterocycles. The lowest BCUT2D eigenvalue weighted by atomic mass is 10.0. The predicted molar refractivity (Wildman–Crippen MR) is 130 cm³/mol. The van der Waals surface area contributed by atoms with E-state index >= 15 is 0 Å². The van der Waals surface area contributed by atoms with Crippen LogP contribution in [-0.4, -0.2) is 74.6 Å². The number of carbonyl (C=O) groups excluding carboxylic acids is 1. The average Bonchev–Trinajstić information content (AvgIpc) is 2.84. The fraction of sp³-hybridized carbons (Fsp3) is 0.480. The minimum absolute atomic E-state index is 0.0172. The maximum Gasteiger partial charge on any atom is 0.247 e. The standard InChI is InChI=1S/C25H34N2O6S/c1-6-25(29)26(4)15-23-17(2)14-27(18(3)16-28)34(30,31)24-11-10-20(13-22(24)33-23)19-8-7-9-21(12-19)32-5/h7-13,17-18,23,28H,6,14-16H2,1-5H3/t17-,18+,23-/m1/s1. The first-order valence-corrected chi connectivity index (χ1v) is 12.9. The summed E-state index contributed by atoms with van der Waals surface area (Å²) in [4.78, 5) is 13.9. The predicted octanol–water partition coefficient (Wildman–Crippen LogP) is 3.00. The Kier molecular flexibility index (Phi) is 8.22. The number of carbonyl (C=O) groups is 1. The van der Waals surface area contributed by atoms with Crippen LogP contribution in [0.25, 0.3) is 11.1 Å². The first kappa shape index (κ1) is 26.0. The zero-order chi connectivity index (χ0) is 25.0. The Bertz CT molecular complexity index is 1120. The topological polar surface area (TPSA) is 96.4 Å². The Morgan fingerprint density at radius 2 is 1.97 bits per heavy atom. The number of likely N-dealkylation sites (N-methyl/N-ethyl adjacent to an activating group) is 1. The van der Waals surface area contributed by atoms with Gasteiger partial charge in [-0.2, -0.15) is 4.31 Å². The summed E-state index contributed by atoms with van der Waals surface area (Å²) in [5.74, 6) is 0.664. The summed E-state index contributed by atoms with van der Waals surface area (Å²) in [7, 11) is -0.618. The van der Waals surface area contributed by atoms with Gasteiger partial charge >= 0.3 is 0 Å². The molecule has 34 heavy (non-hydrogen) atoms. The maximum absolute atomic E-state index is 13.6. The van der Waals surface area contributed by atoms with Crippen LogP contribution in [0.1, 0.15) is 27.2 Å². The van der Waals surface area contributed by atoms with Crippen LogP contribution in [-0.2, 0) is 14.8 Å². The van der Waals surface area contributed by atoms with Crippen molar-refractivity contribution in [2.75, 3.05) is 33.9 Å². The number of fused-ring (bicyclic) bond motifs is 1. The van der Waals surface area contributed by atoms with Crippen molar-refractivity contribution in [3.63, 3.8) is 0 Å². The van der Waals surface area contributed by atoms with E-state index in [1.165, 1.54) is 4.31 Å². The lowest BCUT2D eigenvalue weighted by Crippen LogP contribution is -2.50. The maximum atomic E-state index is 13.6. The highest BCUT2D eigenvalue weighted by molar-refractivity contribution is 7.89. The molecule has 0 unspecified atom stereocenters. The van der Waals surface area contributed by atoms with Crippen molar-refractivity contribution in [1.82, 2.24) is 9.21 Å². The molecule has 2 aromatic carbocycles. The molecule has 0 fully saturated rings. The van der Waals surface area contributed by atoms with E-state index in [1.807, 2.05) is 31.2 Å². The lowest BCUT2D eigenvalue weighted by Gasteiger charge is -2.37. The largest absolute Gasteiger partial charge is 0.497 e. The van der Waals surface area contributed by atoms with Crippen LogP contribution in [0.3, 0.4) is 0 Å². The average molecular weight is 491 g/mol. The molecule has 0 aliphatic carbocycles. The van der Waals surface area contributed by atoms with Gasteiger partial charge < -0.3 is 19.5 Å². The molecular weight excluding hydrogens is 456 g/mol. The van der Waals surface area contributed by atoms with E-state index < -0.39 is 22.2 Å². The number of sulfonamides is 1. The van der Waals surface area contributed by atoms with Gasteiger partial charge in [0.2, 0.25) is 15.9 Å². The number of methoxy groups -OCH3 is 1. The van der Waals surface area contributed by atoms with Gasteiger partial charge in [-0.3, -0.25) is 4.79 Å². The first-order chi connectivity index (χ1) is 16.1. The van der Waals surface area contributed by atoms with Gasteiger partial charge in [0.25, 0.3) is 0 Å². The molecule has 9 heteroatoms. The van der Waals surface area contributed by atoms with Gasteiger partial charge in [-0.15, -0.1) is 0 Å². The molecule has 0 saturated carbocycles. The fourth-order valence-electron chi connectivity index (χ4n) is 4.07. The molecule has 3 rings (SSSR count). The van der Waals surface area contributed by atoms with Crippen LogP contribution in [0, 0.1) is 5.92 Å². The summed E-state index contributed by atoms with van der Waals surface area (Å²) in [5.41, 5.74) is 1.63. The second kappa shape index (κ2) is 10.8. The van der Waals surface area contributed by atoms with Crippen molar-refractivity contribution in [2.45, 2.75) is 44.2 Å². The molecule has 2 aromatic rings. The number of aliphatic hydroxyl groups is 1. The molecule has 8 nitrogen and oxygen atoms in total. The zero-order valence-electron chi connectivity index (χ0n) is 20.4. The molecule has 1 amide bonds. The smallest absolute Gasteiger partial charge is 0.247 e. The molecule has 186 valence electrons. The molecule has 0 saturated heterocycles. The van der Waals surface area contributed by atoms with Crippen LogP contribution in [0.4, 0.5) is 0 Å². The number of aliphatic hydroxyl groups excluding tert-OH is 1. The summed E-state index contributed by atoms with van der Waals surface area (Å²) in [6.07, 6.45) is -0.0698. The van der Waals surface area contributed by atoms with E-state index in [0.29, 0.717) is 18.7 Å². The van der Waals surface area contributed by atoms with Crippen molar-refractivity contribution in [2.24, 2.45) is 5.92 Å². The number of hydrogen-bond acceptors (Lipinski definition) is 6. The number of amides is 1. The summed E-state index contributed by atoms with van der Waals surface area (Å²) in [6.45, 7) is 5.56. The SMILES string of the molecule is CCC(=O)N(C)C[C@H]1Oc2cc(-c3cccc(OC)c3)ccc2S(=O)(=O)N([C@@H](C)CO)C[C@H]1C. The number of hydrogen-bond donors (Lipinski definition) is 1. The van der Waals surface area contributed by atoms with Crippen LogP contribution in [0.2, 0.25) is 0 Å². The molecule has 0 spiro atoms. The highest BCUT2D eigenvalue weighted by Crippen LogP contribution is 2.37. The van der Waals surface area contributed by atoms with Gasteiger partial charge in [-0.25, -0.2) is 8.42 Å². The molecule has 1 aliphatic heterocycles. The van der Waals surface area contributed by atoms with E-state index in [2.05, 4.69) is 0 Å². The normalized spacial score (nSPS) is 20.9. The van der Waals surface area contributed by atoms with E-state index in [9.17, 15) is 18.3 Å². The minimum atomic E-state index is -3.93. The zero-order valence-corrected chi connectivity index (χ0v) is 21.2. The Morgan fingerprint density at radius 3 is 2.62 bits per heavy atom. The second-order valence-corrected chi connectivity index (χ2v) is 10.6. The van der Waals surface area contributed by atoms with E-state index in [-0.39, 0.29) is 35.6 Å². The van der Waals surface area contributed by atoms with Crippen molar-refractivity contribution >= 4 is 15.9 Å². The Morgan fingerprint density at radius 1 is 1.26 bits per heavy atom. The third-order valence-corrected chi connectivity index (χ3v) is 8.27. The van der Waals surface area contributed by atoms with Crippen molar-refractivity contribution in [3.05, 3.63) is 42.5 Å². The fourth-order valence-corrected chi connectivity index (χ4v) is 5.89. The van der Waals surface area contributed by atoms with Crippen LogP contribution >= 0.6 is 0 Å². The van der Waals surface area contributed by atoms with Gasteiger partial charge in [-0.1, -0.05) is 32.0 Å². The highest BCUT2D eigenvalue weighted by atomic mass is 32.2. The van der Waals surface area contributed by atoms with E-state index in [4.69, 9.17) is 9.47 Å². The van der Waals surface area contributed by atoms with Crippen LogP contribution in [0.15, 0.2) is 47.4 Å². The van der Waals surface area contributed by atoms with Crippen molar-refractivity contribution < 1.29 is 27.8 Å². The summed E-state index contributed by atoms with van der Waals surface area (Å²) in [6, 6.07) is 11.9. The molecule has 1 heterocycles. The van der Waals surface area contributed by atoms with Gasteiger partial charge in [0, 0.05) is 32.0 Å². The van der Waals surface area contributed by atoms with Crippen molar-refractivity contribution in [3.8, 4) is 22.6 Å². The van der Waals surface area contributed by atoms with Gasteiger partial charge in [0.1, 0.15) is 22.5 Å². The third kappa shape index (κ3) is 5.37. The van der Waals surface area contributed by atoms with Gasteiger partial charge in [0.05, 0.1) is 20.3 Å². The van der Waals surface area contributed by atoms with E-state index in [0.717, 1.165) is 11.1 Å². The second-order valence-electron chi connectivity index (χ2n) is 8.76. The monoisotopic (exact) mass is 490 g/mol. The summed E-state index contributed by atoms with van der Waals surface area (Å²) in [5, 5.41) is 9.77. The molecule has 0 bridgehead atoms. The first-order valence-electron chi connectivity index (χ1n) is 11.4. The molecule has 1 aliphatic rings. The van der Waals surface area contributed by atoms with Crippen LogP contribution in [0.5, 0.6) is 11.5 Å². The number of benzene rings is 2. The minimum Gasteiger partial charge on any atom is -0.497 e. The Balaban J connectivity index is 2.12. The van der Waals surface area contributed by atoms with Gasteiger partial charge in [0.15, 0.2) is 0 Å². The van der Waals surface area contributed by atoms with Crippen molar-refractivity contribution in [1.29, 1.82) is 0 Å². The quantitative estimate of drug-likeness (QED) is 0.641. The molecule has 1 N–H and O–H groups in total. The lowest BCUT2D eigenvalue weighted by molar-refractivity contribution is -0.131.